The summed E-state index contributed by atoms with van der Waals surface area (Å²) in [5.41, 5.74) is 0. The zero-order valence-corrected chi connectivity index (χ0v) is 11.8. The van der Waals surface area contributed by atoms with Gasteiger partial charge in [0, 0.05) is 13.1 Å². The normalized spacial score (nSPS) is 32.7. The number of carboxylic acid groups (broad SMARTS) is 1. The van der Waals surface area contributed by atoms with Gasteiger partial charge in [-0.1, -0.05) is 26.2 Å². The van der Waals surface area contributed by atoms with Crippen LogP contribution in [0.4, 0.5) is 0 Å². The van der Waals surface area contributed by atoms with Gasteiger partial charge in [-0.15, -0.1) is 0 Å². The topological polar surface area (TPSA) is 57.6 Å². The molecule has 2 fully saturated rings. The number of amides is 1. The quantitative estimate of drug-likeness (QED) is 0.836. The largest absolute Gasteiger partial charge is 0.481 e. The fraction of sp³-hybridized carbons (Fsp3) is 0.867. The van der Waals surface area contributed by atoms with Crippen LogP contribution in [0.15, 0.2) is 0 Å². The molecule has 3 atom stereocenters. The molecule has 0 aromatic heterocycles. The van der Waals surface area contributed by atoms with Gasteiger partial charge in [0.05, 0.1) is 11.8 Å². The molecule has 0 aromatic carbocycles. The second kappa shape index (κ2) is 6.40. The summed E-state index contributed by atoms with van der Waals surface area (Å²) in [5, 5.41) is 9.28. The lowest BCUT2D eigenvalue weighted by Gasteiger charge is -2.28. The number of likely N-dealkylation sites (tertiary alicyclic amines) is 1. The molecule has 1 heterocycles. The van der Waals surface area contributed by atoms with E-state index in [1.165, 1.54) is 19.3 Å². The Morgan fingerprint density at radius 2 is 1.47 bits per heavy atom. The molecule has 108 valence electrons. The fourth-order valence-electron chi connectivity index (χ4n) is 3.54. The number of carbonyl (C=O) groups is 2. The zero-order chi connectivity index (χ0) is 13.8. The Hall–Kier alpha value is -1.06. The van der Waals surface area contributed by atoms with Gasteiger partial charge in [-0.25, -0.2) is 0 Å². The van der Waals surface area contributed by atoms with Crippen molar-refractivity contribution in [2.75, 3.05) is 13.1 Å². The maximum atomic E-state index is 12.6. The smallest absolute Gasteiger partial charge is 0.307 e. The Bertz CT molecular complexity index is 334. The van der Waals surface area contributed by atoms with Crippen LogP contribution in [0.25, 0.3) is 0 Å². The molecule has 1 amide bonds. The highest BCUT2D eigenvalue weighted by Crippen LogP contribution is 2.37. The molecule has 0 bridgehead atoms. The molecule has 2 rings (SSSR count). The van der Waals surface area contributed by atoms with Gasteiger partial charge in [0.25, 0.3) is 0 Å². The average molecular weight is 267 g/mol. The van der Waals surface area contributed by atoms with E-state index in [-0.39, 0.29) is 11.8 Å². The molecule has 3 unspecified atom stereocenters. The fourth-order valence-corrected chi connectivity index (χ4v) is 3.54. The van der Waals surface area contributed by atoms with Gasteiger partial charge in [0.15, 0.2) is 0 Å². The molecule has 1 aliphatic carbocycles. The lowest BCUT2D eigenvalue weighted by Crippen LogP contribution is -2.40. The first-order chi connectivity index (χ1) is 9.09. The van der Waals surface area contributed by atoms with Crippen molar-refractivity contribution in [1.82, 2.24) is 4.90 Å². The van der Waals surface area contributed by atoms with Crippen LogP contribution in [0.2, 0.25) is 0 Å². The highest BCUT2D eigenvalue weighted by atomic mass is 16.4. The third-order valence-corrected chi connectivity index (χ3v) is 4.60. The summed E-state index contributed by atoms with van der Waals surface area (Å²) in [6.45, 7) is 3.68. The molecular formula is C15H25NO3. The first kappa shape index (κ1) is 14.4. The van der Waals surface area contributed by atoms with Gasteiger partial charge < -0.3 is 10.0 Å². The second-order valence-corrected chi connectivity index (χ2v) is 6.22. The number of rotatable bonds is 2. The van der Waals surface area contributed by atoms with Crippen LogP contribution >= 0.6 is 0 Å². The van der Waals surface area contributed by atoms with E-state index in [9.17, 15) is 14.7 Å². The number of carbonyl (C=O) groups excluding carboxylic acids is 1. The minimum atomic E-state index is -0.797. The van der Waals surface area contributed by atoms with Gasteiger partial charge >= 0.3 is 5.97 Å². The highest BCUT2D eigenvalue weighted by molar-refractivity contribution is 5.85. The van der Waals surface area contributed by atoms with Crippen molar-refractivity contribution in [3.05, 3.63) is 0 Å². The van der Waals surface area contributed by atoms with Crippen LogP contribution in [-0.4, -0.2) is 35.0 Å². The van der Waals surface area contributed by atoms with Crippen molar-refractivity contribution < 1.29 is 14.7 Å². The van der Waals surface area contributed by atoms with Crippen molar-refractivity contribution in [1.29, 1.82) is 0 Å². The summed E-state index contributed by atoms with van der Waals surface area (Å²) in [6, 6.07) is 0. The van der Waals surface area contributed by atoms with Crippen molar-refractivity contribution in [2.24, 2.45) is 17.8 Å². The maximum absolute atomic E-state index is 12.6. The summed E-state index contributed by atoms with van der Waals surface area (Å²) in [4.78, 5) is 25.8. The molecule has 2 aliphatic rings. The molecule has 1 saturated heterocycles. The molecule has 4 nitrogen and oxygen atoms in total. The lowest BCUT2D eigenvalue weighted by atomic mass is 9.94. The lowest BCUT2D eigenvalue weighted by molar-refractivity contribution is -0.149. The predicted molar refractivity (Wildman–Crippen MR) is 72.7 cm³/mol. The average Bonchev–Trinajstić information content (AvgIpc) is 2.70. The van der Waals surface area contributed by atoms with Crippen molar-refractivity contribution in [3.8, 4) is 0 Å². The van der Waals surface area contributed by atoms with Crippen LogP contribution in [-0.2, 0) is 9.59 Å². The zero-order valence-electron chi connectivity index (χ0n) is 11.8. The Labute approximate surface area is 115 Å². The van der Waals surface area contributed by atoms with Crippen molar-refractivity contribution >= 4 is 11.9 Å². The number of nitrogens with zero attached hydrogens (tertiary/aromatic N) is 1. The third kappa shape index (κ3) is 3.48. The minimum absolute atomic E-state index is 0.0960. The molecular weight excluding hydrogens is 242 g/mol. The summed E-state index contributed by atoms with van der Waals surface area (Å²) in [5.74, 6) is -1.10. The molecule has 1 aliphatic heterocycles. The minimum Gasteiger partial charge on any atom is -0.481 e. The van der Waals surface area contributed by atoms with Gasteiger partial charge in [-0.3, -0.25) is 9.59 Å². The number of hydrogen-bond donors (Lipinski definition) is 1. The van der Waals surface area contributed by atoms with E-state index < -0.39 is 11.9 Å². The summed E-state index contributed by atoms with van der Waals surface area (Å²) < 4.78 is 0. The molecule has 19 heavy (non-hydrogen) atoms. The van der Waals surface area contributed by atoms with E-state index in [1.807, 2.05) is 4.90 Å². The van der Waals surface area contributed by atoms with E-state index >= 15 is 0 Å². The molecule has 1 N–H and O–H groups in total. The van der Waals surface area contributed by atoms with E-state index in [2.05, 4.69) is 6.92 Å². The summed E-state index contributed by atoms with van der Waals surface area (Å²) >= 11 is 0. The van der Waals surface area contributed by atoms with Gasteiger partial charge in [0.1, 0.15) is 0 Å². The molecule has 4 heteroatoms. The number of hydrogen-bond acceptors (Lipinski definition) is 2. The van der Waals surface area contributed by atoms with E-state index in [0.29, 0.717) is 12.3 Å². The maximum Gasteiger partial charge on any atom is 0.307 e. The number of carboxylic acids is 1. The Morgan fingerprint density at radius 3 is 2.05 bits per heavy atom. The standard InChI is InChI=1S/C15H25NO3/c1-11-9-12(13(10-11)15(18)19)14(17)16-7-5-3-2-4-6-8-16/h11-13H,2-10H2,1H3,(H,18,19). The molecule has 0 radical (unpaired) electrons. The van der Waals surface area contributed by atoms with Crippen LogP contribution in [0.1, 0.15) is 51.9 Å². The van der Waals surface area contributed by atoms with Gasteiger partial charge in [0.2, 0.25) is 5.91 Å². The van der Waals surface area contributed by atoms with Gasteiger partial charge in [-0.2, -0.15) is 0 Å². The monoisotopic (exact) mass is 267 g/mol. The third-order valence-electron chi connectivity index (χ3n) is 4.60. The SMILES string of the molecule is CC1CC(C(=O)O)C(C(=O)N2CCCCCCC2)C1. The Balaban J connectivity index is 2.02. The summed E-state index contributed by atoms with van der Waals surface area (Å²) in [7, 11) is 0. The molecule has 0 aromatic rings. The highest BCUT2D eigenvalue weighted by Gasteiger charge is 2.42. The van der Waals surface area contributed by atoms with Gasteiger partial charge in [-0.05, 0) is 31.6 Å². The van der Waals surface area contributed by atoms with E-state index in [4.69, 9.17) is 0 Å². The predicted octanol–water partition coefficient (Wildman–Crippen LogP) is 2.53. The molecule has 1 saturated carbocycles. The van der Waals surface area contributed by atoms with Crippen LogP contribution in [0, 0.1) is 17.8 Å². The van der Waals surface area contributed by atoms with Crippen molar-refractivity contribution in [2.45, 2.75) is 51.9 Å². The number of aliphatic carboxylic acids is 1. The van der Waals surface area contributed by atoms with Crippen LogP contribution < -0.4 is 0 Å². The Kier molecular flexibility index (Phi) is 4.83. The van der Waals surface area contributed by atoms with Crippen LogP contribution in [0.5, 0.6) is 0 Å². The summed E-state index contributed by atoms with van der Waals surface area (Å²) in [6.07, 6.45) is 7.16. The van der Waals surface area contributed by atoms with Crippen LogP contribution in [0.3, 0.4) is 0 Å². The molecule has 0 spiro atoms. The van der Waals surface area contributed by atoms with E-state index in [0.717, 1.165) is 32.4 Å². The first-order valence-electron chi connectivity index (χ1n) is 7.61. The van der Waals surface area contributed by atoms with Crippen molar-refractivity contribution in [3.63, 3.8) is 0 Å². The first-order valence-corrected chi connectivity index (χ1v) is 7.61. The Morgan fingerprint density at radius 1 is 0.947 bits per heavy atom. The second-order valence-electron chi connectivity index (χ2n) is 6.22. The van der Waals surface area contributed by atoms with E-state index in [1.54, 1.807) is 0 Å².